The van der Waals surface area contributed by atoms with Gasteiger partial charge in [-0.25, -0.2) is 0 Å². The van der Waals surface area contributed by atoms with E-state index in [9.17, 15) is 0 Å². The Labute approximate surface area is 105 Å². The van der Waals surface area contributed by atoms with Gasteiger partial charge in [0.25, 0.3) is 0 Å². The minimum absolute atomic E-state index is 0.379. The fourth-order valence-electron chi connectivity index (χ4n) is 1.11. The lowest BCUT2D eigenvalue weighted by Gasteiger charge is -2.42. The minimum atomic E-state index is -0.581. The Hall–Kier alpha value is -0.580. The van der Waals surface area contributed by atoms with Gasteiger partial charge in [-0.1, -0.05) is 6.58 Å². The van der Waals surface area contributed by atoms with E-state index in [0.29, 0.717) is 6.61 Å². The van der Waals surface area contributed by atoms with Gasteiger partial charge in [-0.05, 0) is 40.8 Å². The summed E-state index contributed by atoms with van der Waals surface area (Å²) in [5.41, 5.74) is -1.39. The predicted molar refractivity (Wildman–Crippen MR) is 69.9 cm³/mol. The Balaban J connectivity index is 4.59. The lowest BCUT2D eigenvalue weighted by atomic mass is 9.89. The molecule has 0 spiro atoms. The molecule has 17 heavy (non-hydrogen) atoms. The van der Waals surface area contributed by atoms with E-state index in [1.807, 2.05) is 34.6 Å². The van der Waals surface area contributed by atoms with Gasteiger partial charge in [-0.3, -0.25) is 0 Å². The molecule has 1 N–H and O–H groups in total. The molecule has 102 valence electrons. The van der Waals surface area contributed by atoms with Crippen molar-refractivity contribution in [1.82, 2.24) is 5.32 Å². The molecule has 0 aliphatic heterocycles. The Morgan fingerprint density at radius 1 is 1.00 bits per heavy atom. The van der Waals surface area contributed by atoms with Crippen molar-refractivity contribution in [2.75, 3.05) is 20.8 Å². The van der Waals surface area contributed by atoms with E-state index >= 15 is 0 Å². The number of hydrogen-bond acceptors (Lipinski definition) is 4. The first kappa shape index (κ1) is 16.4. The second-order valence-electron chi connectivity index (χ2n) is 5.30. The molecule has 0 fully saturated rings. The normalized spacial score (nSPS) is 16.4. The molecule has 0 aliphatic carbocycles. The zero-order valence-electron chi connectivity index (χ0n) is 12.2. The topological polar surface area (TPSA) is 39.7 Å². The Morgan fingerprint density at radius 2 is 1.53 bits per heavy atom. The summed E-state index contributed by atoms with van der Waals surface area (Å²) in [4.78, 5) is 0. The van der Waals surface area contributed by atoms with E-state index in [1.165, 1.54) is 0 Å². The molecule has 0 heterocycles. The van der Waals surface area contributed by atoms with Crippen LogP contribution in [-0.2, 0) is 14.2 Å². The summed E-state index contributed by atoms with van der Waals surface area (Å²) in [6, 6.07) is 0. The Morgan fingerprint density at radius 3 is 1.88 bits per heavy atom. The lowest BCUT2D eigenvalue weighted by Crippen LogP contribution is -2.53. The first-order valence-corrected chi connectivity index (χ1v) is 5.77. The quantitative estimate of drug-likeness (QED) is 0.666. The molecule has 4 heteroatoms. The van der Waals surface area contributed by atoms with Crippen LogP contribution in [0.2, 0.25) is 0 Å². The standard InChI is InChI=1S/C13H27NO3/c1-9-14-13(6,16-8)10-17-12(4,5)11(2,3)15-7/h9,14H,1,10H2,2-8H3. The van der Waals surface area contributed by atoms with E-state index in [-0.39, 0.29) is 5.60 Å². The average molecular weight is 245 g/mol. The molecule has 0 saturated heterocycles. The van der Waals surface area contributed by atoms with Crippen molar-refractivity contribution in [1.29, 1.82) is 0 Å². The summed E-state index contributed by atoms with van der Waals surface area (Å²) < 4.78 is 16.8. The van der Waals surface area contributed by atoms with Gasteiger partial charge < -0.3 is 19.5 Å². The van der Waals surface area contributed by atoms with Crippen molar-refractivity contribution in [3.05, 3.63) is 12.8 Å². The van der Waals surface area contributed by atoms with Crippen LogP contribution in [0.15, 0.2) is 12.8 Å². The summed E-state index contributed by atoms with van der Waals surface area (Å²) in [5.74, 6) is 0. The van der Waals surface area contributed by atoms with Gasteiger partial charge >= 0.3 is 0 Å². The highest BCUT2D eigenvalue weighted by Gasteiger charge is 2.40. The smallest absolute Gasteiger partial charge is 0.158 e. The van der Waals surface area contributed by atoms with Crippen molar-refractivity contribution in [2.45, 2.75) is 51.5 Å². The average Bonchev–Trinajstić information content (AvgIpc) is 2.27. The number of ether oxygens (including phenoxy) is 3. The van der Waals surface area contributed by atoms with Crippen LogP contribution in [0.4, 0.5) is 0 Å². The van der Waals surface area contributed by atoms with Crippen molar-refractivity contribution in [3.63, 3.8) is 0 Å². The molecule has 0 saturated carbocycles. The molecule has 1 atom stereocenters. The maximum absolute atomic E-state index is 5.93. The van der Waals surface area contributed by atoms with Crippen molar-refractivity contribution in [2.24, 2.45) is 0 Å². The summed E-state index contributed by atoms with van der Waals surface area (Å²) >= 11 is 0. The van der Waals surface area contributed by atoms with Crippen LogP contribution in [-0.4, -0.2) is 37.8 Å². The van der Waals surface area contributed by atoms with Crippen molar-refractivity contribution >= 4 is 0 Å². The number of rotatable bonds is 8. The van der Waals surface area contributed by atoms with Gasteiger partial charge in [0.05, 0.1) is 17.8 Å². The third-order valence-electron chi connectivity index (χ3n) is 3.53. The van der Waals surface area contributed by atoms with Crippen LogP contribution < -0.4 is 5.32 Å². The number of hydrogen-bond donors (Lipinski definition) is 1. The maximum Gasteiger partial charge on any atom is 0.158 e. The van der Waals surface area contributed by atoms with E-state index in [1.54, 1.807) is 20.4 Å². The van der Waals surface area contributed by atoms with Gasteiger partial charge in [-0.2, -0.15) is 0 Å². The molecule has 1 unspecified atom stereocenters. The molecule has 0 aliphatic rings. The molecular weight excluding hydrogens is 218 g/mol. The maximum atomic E-state index is 5.93. The van der Waals surface area contributed by atoms with E-state index in [4.69, 9.17) is 14.2 Å². The molecule has 0 aromatic heterocycles. The molecule has 0 radical (unpaired) electrons. The molecular formula is C13H27NO3. The predicted octanol–water partition coefficient (Wildman–Crippen LogP) is 2.30. The fraction of sp³-hybridized carbons (Fsp3) is 0.846. The van der Waals surface area contributed by atoms with Gasteiger partial charge in [0.15, 0.2) is 5.72 Å². The van der Waals surface area contributed by atoms with E-state index in [2.05, 4.69) is 11.9 Å². The molecule has 0 bridgehead atoms. The summed E-state index contributed by atoms with van der Waals surface area (Å²) in [7, 11) is 3.32. The van der Waals surface area contributed by atoms with Crippen LogP contribution in [0, 0.1) is 0 Å². The van der Waals surface area contributed by atoms with Crippen LogP contribution in [0.3, 0.4) is 0 Å². The zero-order valence-corrected chi connectivity index (χ0v) is 12.2. The SMILES string of the molecule is C=CNC(C)(COC(C)(C)C(C)(C)OC)OC. The number of methoxy groups -OCH3 is 2. The van der Waals surface area contributed by atoms with Crippen LogP contribution in [0.1, 0.15) is 34.6 Å². The lowest BCUT2D eigenvalue weighted by molar-refractivity contribution is -0.195. The zero-order chi connectivity index (χ0) is 13.7. The Kier molecular flexibility index (Phi) is 5.65. The molecule has 0 aromatic carbocycles. The third-order valence-corrected chi connectivity index (χ3v) is 3.53. The van der Waals surface area contributed by atoms with Crippen LogP contribution >= 0.6 is 0 Å². The summed E-state index contributed by atoms with van der Waals surface area (Å²) in [6.45, 7) is 13.9. The highest BCUT2D eigenvalue weighted by Crippen LogP contribution is 2.29. The summed E-state index contributed by atoms with van der Waals surface area (Å²) in [6.07, 6.45) is 1.60. The van der Waals surface area contributed by atoms with E-state index < -0.39 is 11.3 Å². The van der Waals surface area contributed by atoms with Crippen LogP contribution in [0.25, 0.3) is 0 Å². The first-order valence-electron chi connectivity index (χ1n) is 5.77. The molecule has 4 nitrogen and oxygen atoms in total. The Bertz CT molecular complexity index is 251. The molecule has 0 rings (SSSR count). The van der Waals surface area contributed by atoms with Gasteiger partial charge in [-0.15, -0.1) is 0 Å². The van der Waals surface area contributed by atoms with Gasteiger partial charge in [0, 0.05) is 14.2 Å². The monoisotopic (exact) mass is 245 g/mol. The number of nitrogens with one attached hydrogen (secondary N) is 1. The second kappa shape index (κ2) is 5.85. The van der Waals surface area contributed by atoms with Crippen molar-refractivity contribution < 1.29 is 14.2 Å². The third kappa shape index (κ3) is 4.30. The fourth-order valence-corrected chi connectivity index (χ4v) is 1.11. The molecule has 0 aromatic rings. The van der Waals surface area contributed by atoms with Gasteiger partial charge in [0.1, 0.15) is 0 Å². The van der Waals surface area contributed by atoms with Crippen LogP contribution in [0.5, 0.6) is 0 Å². The largest absolute Gasteiger partial charge is 0.376 e. The minimum Gasteiger partial charge on any atom is -0.376 e. The van der Waals surface area contributed by atoms with Crippen molar-refractivity contribution in [3.8, 4) is 0 Å². The molecule has 0 amide bonds. The van der Waals surface area contributed by atoms with Gasteiger partial charge in [0.2, 0.25) is 0 Å². The van der Waals surface area contributed by atoms with E-state index in [0.717, 1.165) is 0 Å². The second-order valence-corrected chi connectivity index (χ2v) is 5.30. The highest BCUT2D eigenvalue weighted by atomic mass is 16.6. The first-order chi connectivity index (χ1) is 7.64. The summed E-state index contributed by atoms with van der Waals surface area (Å²) in [5, 5.41) is 3.03. The highest BCUT2D eigenvalue weighted by molar-refractivity contribution is 4.90.